The van der Waals surface area contributed by atoms with Gasteiger partial charge in [0.05, 0.1) is 0 Å². The summed E-state index contributed by atoms with van der Waals surface area (Å²) in [4.78, 5) is 15.6. The topological polar surface area (TPSA) is 38.7 Å². The van der Waals surface area contributed by atoms with Gasteiger partial charge in [-0.15, -0.1) is 0 Å². The summed E-state index contributed by atoms with van der Waals surface area (Å²) in [6.07, 6.45) is 1.77. The highest BCUT2D eigenvalue weighted by Crippen LogP contribution is 2.22. The molecule has 0 fully saturated rings. The lowest BCUT2D eigenvalue weighted by Crippen LogP contribution is -1.99. The maximum atomic E-state index is 11.5. The van der Waals surface area contributed by atoms with Gasteiger partial charge >= 0.3 is 5.97 Å². The van der Waals surface area contributed by atoms with E-state index in [4.69, 9.17) is 4.74 Å². The first-order valence-corrected chi connectivity index (χ1v) is 5.71. The van der Waals surface area contributed by atoms with Crippen molar-refractivity contribution in [3.05, 3.63) is 53.7 Å². The standard InChI is InChI=1S/C15H11NO2/c1-10-16-14(15(17)18-10)9-12-7-4-6-11-5-2-3-8-13(11)12/h2-9H,1H3/b14-9+. The summed E-state index contributed by atoms with van der Waals surface area (Å²) in [5.74, 6) is 0.00641. The molecule has 0 N–H and O–H groups in total. The van der Waals surface area contributed by atoms with Gasteiger partial charge in [-0.3, -0.25) is 0 Å². The Morgan fingerprint density at radius 3 is 2.67 bits per heavy atom. The molecule has 0 saturated carbocycles. The van der Waals surface area contributed by atoms with Crippen LogP contribution in [-0.2, 0) is 9.53 Å². The fourth-order valence-electron chi connectivity index (χ4n) is 2.04. The molecular weight excluding hydrogens is 226 g/mol. The fourth-order valence-corrected chi connectivity index (χ4v) is 2.04. The molecule has 1 heterocycles. The van der Waals surface area contributed by atoms with Crippen molar-refractivity contribution in [1.29, 1.82) is 0 Å². The van der Waals surface area contributed by atoms with Gasteiger partial charge in [-0.2, -0.15) is 0 Å². The lowest BCUT2D eigenvalue weighted by molar-refractivity contribution is -0.130. The number of fused-ring (bicyclic) bond motifs is 1. The molecule has 3 rings (SSSR count). The minimum Gasteiger partial charge on any atom is -0.407 e. The molecule has 0 aromatic heterocycles. The Labute approximate surface area is 104 Å². The van der Waals surface area contributed by atoms with E-state index in [1.807, 2.05) is 42.5 Å². The highest BCUT2D eigenvalue weighted by Gasteiger charge is 2.19. The van der Waals surface area contributed by atoms with Gasteiger partial charge in [0.15, 0.2) is 11.6 Å². The number of cyclic esters (lactones) is 1. The molecule has 2 aromatic carbocycles. The third kappa shape index (κ3) is 1.80. The van der Waals surface area contributed by atoms with Gasteiger partial charge in [0.1, 0.15) is 0 Å². The van der Waals surface area contributed by atoms with Crippen LogP contribution in [0.3, 0.4) is 0 Å². The third-order valence-corrected chi connectivity index (χ3v) is 2.84. The van der Waals surface area contributed by atoms with E-state index in [1.54, 1.807) is 13.0 Å². The van der Waals surface area contributed by atoms with Gasteiger partial charge < -0.3 is 4.74 Å². The van der Waals surface area contributed by atoms with Gasteiger partial charge in [0.25, 0.3) is 0 Å². The highest BCUT2D eigenvalue weighted by molar-refractivity contribution is 6.07. The smallest absolute Gasteiger partial charge is 0.363 e. The number of nitrogens with zero attached hydrogens (tertiary/aromatic N) is 1. The number of ether oxygens (including phenoxy) is 1. The maximum Gasteiger partial charge on any atom is 0.363 e. The predicted molar refractivity (Wildman–Crippen MR) is 71.1 cm³/mol. The molecule has 0 saturated heterocycles. The first-order chi connectivity index (χ1) is 8.74. The Bertz CT molecular complexity index is 693. The van der Waals surface area contributed by atoms with Crippen molar-refractivity contribution >= 4 is 28.7 Å². The van der Waals surface area contributed by atoms with Crippen molar-refractivity contribution in [1.82, 2.24) is 0 Å². The maximum absolute atomic E-state index is 11.5. The summed E-state index contributed by atoms with van der Waals surface area (Å²) < 4.78 is 4.90. The number of aliphatic imine (C=N–C) groups is 1. The molecule has 0 radical (unpaired) electrons. The second-order valence-corrected chi connectivity index (χ2v) is 4.12. The van der Waals surface area contributed by atoms with Crippen LogP contribution in [0.4, 0.5) is 0 Å². The Morgan fingerprint density at radius 2 is 1.89 bits per heavy atom. The predicted octanol–water partition coefficient (Wildman–Crippen LogP) is 3.16. The zero-order valence-corrected chi connectivity index (χ0v) is 9.88. The summed E-state index contributed by atoms with van der Waals surface area (Å²) in [5, 5.41) is 2.24. The molecule has 18 heavy (non-hydrogen) atoms. The van der Waals surface area contributed by atoms with Crippen LogP contribution in [0.2, 0.25) is 0 Å². The zero-order chi connectivity index (χ0) is 12.5. The summed E-state index contributed by atoms with van der Waals surface area (Å²) >= 11 is 0. The first kappa shape index (κ1) is 10.7. The number of rotatable bonds is 1. The normalized spacial score (nSPS) is 17.1. The highest BCUT2D eigenvalue weighted by atomic mass is 16.6. The first-order valence-electron chi connectivity index (χ1n) is 5.71. The van der Waals surface area contributed by atoms with E-state index in [0.717, 1.165) is 16.3 Å². The molecule has 0 amide bonds. The van der Waals surface area contributed by atoms with E-state index < -0.39 is 0 Å². The van der Waals surface area contributed by atoms with Crippen molar-refractivity contribution in [2.24, 2.45) is 4.99 Å². The minimum absolute atomic E-state index is 0.351. The molecule has 0 aliphatic carbocycles. The van der Waals surface area contributed by atoms with Gasteiger partial charge in [0, 0.05) is 6.92 Å². The van der Waals surface area contributed by atoms with Crippen LogP contribution in [0.1, 0.15) is 12.5 Å². The summed E-state index contributed by atoms with van der Waals surface area (Å²) in [6.45, 7) is 1.67. The molecular formula is C15H11NO2. The lowest BCUT2D eigenvalue weighted by atomic mass is 10.0. The quantitative estimate of drug-likeness (QED) is 0.564. The van der Waals surface area contributed by atoms with Crippen molar-refractivity contribution < 1.29 is 9.53 Å². The van der Waals surface area contributed by atoms with E-state index in [2.05, 4.69) is 4.99 Å². The average molecular weight is 237 g/mol. The molecule has 0 atom stereocenters. The Balaban J connectivity index is 2.16. The second kappa shape index (κ2) is 4.11. The van der Waals surface area contributed by atoms with Crippen LogP contribution in [-0.4, -0.2) is 11.9 Å². The zero-order valence-electron chi connectivity index (χ0n) is 9.88. The molecule has 1 aliphatic heterocycles. The van der Waals surface area contributed by atoms with Gasteiger partial charge in [0.2, 0.25) is 0 Å². The van der Waals surface area contributed by atoms with Crippen LogP contribution in [0.25, 0.3) is 16.8 Å². The molecule has 0 unspecified atom stereocenters. The van der Waals surface area contributed by atoms with Crippen molar-refractivity contribution in [2.45, 2.75) is 6.92 Å². The Morgan fingerprint density at radius 1 is 1.11 bits per heavy atom. The molecule has 3 nitrogen and oxygen atoms in total. The third-order valence-electron chi connectivity index (χ3n) is 2.84. The fraction of sp³-hybridized carbons (Fsp3) is 0.0667. The summed E-state index contributed by atoms with van der Waals surface area (Å²) in [5.41, 5.74) is 1.32. The monoisotopic (exact) mass is 237 g/mol. The number of hydrogen-bond acceptors (Lipinski definition) is 3. The van der Waals surface area contributed by atoms with Gasteiger partial charge in [-0.25, -0.2) is 9.79 Å². The van der Waals surface area contributed by atoms with Crippen LogP contribution in [0, 0.1) is 0 Å². The molecule has 0 bridgehead atoms. The minimum atomic E-state index is -0.388. The number of hydrogen-bond donors (Lipinski definition) is 0. The molecule has 88 valence electrons. The summed E-state index contributed by atoms with van der Waals surface area (Å²) in [6, 6.07) is 14.0. The molecule has 0 spiro atoms. The van der Waals surface area contributed by atoms with Crippen molar-refractivity contribution in [3.63, 3.8) is 0 Å². The van der Waals surface area contributed by atoms with E-state index in [0.29, 0.717) is 11.6 Å². The van der Waals surface area contributed by atoms with Gasteiger partial charge in [-0.1, -0.05) is 42.5 Å². The SMILES string of the molecule is CC1=N/C(=C/c2cccc3ccccc23)C(=O)O1. The van der Waals surface area contributed by atoms with Crippen LogP contribution in [0.15, 0.2) is 53.2 Å². The molecule has 3 heteroatoms. The van der Waals surface area contributed by atoms with Crippen molar-refractivity contribution in [2.75, 3.05) is 0 Å². The average Bonchev–Trinajstić information content (AvgIpc) is 2.68. The van der Waals surface area contributed by atoms with E-state index in [9.17, 15) is 4.79 Å². The van der Waals surface area contributed by atoms with E-state index in [-0.39, 0.29) is 5.97 Å². The Hall–Kier alpha value is -2.42. The number of carbonyl (C=O) groups excluding carboxylic acids is 1. The van der Waals surface area contributed by atoms with Crippen LogP contribution >= 0.6 is 0 Å². The van der Waals surface area contributed by atoms with Crippen LogP contribution < -0.4 is 0 Å². The lowest BCUT2D eigenvalue weighted by Gasteiger charge is -2.01. The second-order valence-electron chi connectivity index (χ2n) is 4.12. The van der Waals surface area contributed by atoms with E-state index in [1.165, 1.54) is 0 Å². The molecule has 1 aliphatic rings. The van der Waals surface area contributed by atoms with Crippen LogP contribution in [0.5, 0.6) is 0 Å². The number of carbonyl (C=O) groups is 1. The number of esters is 1. The largest absolute Gasteiger partial charge is 0.407 e. The molecule has 2 aromatic rings. The summed E-state index contributed by atoms with van der Waals surface area (Å²) in [7, 11) is 0. The Kier molecular flexibility index (Phi) is 2.45. The van der Waals surface area contributed by atoms with E-state index >= 15 is 0 Å². The van der Waals surface area contributed by atoms with Crippen molar-refractivity contribution in [3.8, 4) is 0 Å². The number of benzene rings is 2. The van der Waals surface area contributed by atoms with Gasteiger partial charge in [-0.05, 0) is 22.4 Å².